The Hall–Kier alpha value is -0.160. The number of nitrogens with one attached hydrogen (secondary N) is 3. The summed E-state index contributed by atoms with van der Waals surface area (Å²) in [6, 6.07) is 0. The molecule has 4 heteroatoms. The lowest BCUT2D eigenvalue weighted by Crippen LogP contribution is -2.73. The van der Waals surface area contributed by atoms with Crippen molar-refractivity contribution in [2.75, 3.05) is 0 Å². The van der Waals surface area contributed by atoms with E-state index in [4.69, 9.17) is 4.74 Å². The van der Waals surface area contributed by atoms with Gasteiger partial charge in [0.25, 0.3) is 0 Å². The maximum Gasteiger partial charge on any atom is 0.0641 e. The average molecular weight is 730 g/mol. The molecule has 10 aliphatic rings. The smallest absolute Gasteiger partial charge is 0.0641 e. The van der Waals surface area contributed by atoms with E-state index in [1.807, 2.05) is 0 Å². The van der Waals surface area contributed by atoms with Gasteiger partial charge in [-0.25, -0.2) is 0 Å². The van der Waals surface area contributed by atoms with Crippen LogP contribution in [0.4, 0.5) is 0 Å². The highest BCUT2D eigenvalue weighted by Gasteiger charge is 2.58. The summed E-state index contributed by atoms with van der Waals surface area (Å²) in [5, 5.41) is 13.3. The first kappa shape index (κ1) is 37.1. The summed E-state index contributed by atoms with van der Waals surface area (Å²) in [7, 11) is 0. The van der Waals surface area contributed by atoms with Crippen LogP contribution in [0.2, 0.25) is 0 Å². The van der Waals surface area contributed by atoms with Crippen molar-refractivity contribution in [2.24, 2.45) is 76.9 Å². The molecule has 0 spiro atoms. The molecule has 0 amide bonds. The number of fused-ring (bicyclic) bond motifs is 5. The van der Waals surface area contributed by atoms with E-state index in [0.717, 1.165) is 76.9 Å². The highest BCUT2D eigenvalue weighted by atomic mass is 16.5. The molecule has 10 fully saturated rings. The van der Waals surface area contributed by atoms with Gasteiger partial charge in [-0.1, -0.05) is 128 Å². The summed E-state index contributed by atoms with van der Waals surface area (Å²) in [5.41, 5.74) is 0. The van der Waals surface area contributed by atoms with Gasteiger partial charge in [-0.05, 0) is 148 Å². The zero-order valence-electron chi connectivity index (χ0n) is 34.2. The second-order valence-electron chi connectivity index (χ2n) is 22.1. The molecule has 0 radical (unpaired) electrons. The van der Waals surface area contributed by atoms with Gasteiger partial charge < -0.3 is 4.74 Å². The van der Waals surface area contributed by atoms with E-state index in [1.54, 1.807) is 32.1 Å². The molecule has 10 rings (SSSR count). The van der Waals surface area contributed by atoms with Crippen molar-refractivity contribution in [3.05, 3.63) is 0 Å². The first-order chi connectivity index (χ1) is 26.2. The Balaban J connectivity index is 0.869. The quantitative estimate of drug-likeness (QED) is 0.255. The fraction of sp³-hybridized carbons (Fsp3) is 1.00. The molecule has 2 heterocycles. The third kappa shape index (κ3) is 7.88. The zero-order valence-corrected chi connectivity index (χ0v) is 34.2. The summed E-state index contributed by atoms with van der Waals surface area (Å²) >= 11 is 0. The van der Waals surface area contributed by atoms with E-state index in [0.29, 0.717) is 30.7 Å². The molecule has 2 saturated heterocycles. The summed E-state index contributed by atoms with van der Waals surface area (Å²) in [4.78, 5) is 0. The Morgan fingerprint density at radius 3 is 1.40 bits per heavy atom. The maximum absolute atomic E-state index is 7.38. The first-order valence-electron chi connectivity index (χ1n) is 25.2. The van der Waals surface area contributed by atoms with E-state index in [9.17, 15) is 0 Å². The minimum Gasteiger partial charge on any atom is -0.374 e. The van der Waals surface area contributed by atoms with Gasteiger partial charge in [-0.3, -0.25) is 16.0 Å². The SMILES string of the molecule is C1CCC(C2CCCC(C3CCC4OC5C(CC(C6NC(C7CCCCC7)NC(C7CCCC(C8CCCCC8)C7)N6)C6CCCCC65)C4C3)C2)CC1. The minimum atomic E-state index is 0.489. The average Bonchev–Trinajstić information content (AvgIpc) is 3.62. The Morgan fingerprint density at radius 2 is 0.736 bits per heavy atom. The molecule has 0 aromatic carbocycles. The fourth-order valence-corrected chi connectivity index (χ4v) is 16.8. The van der Waals surface area contributed by atoms with Crippen LogP contribution in [0.1, 0.15) is 199 Å². The van der Waals surface area contributed by atoms with E-state index < -0.39 is 0 Å². The van der Waals surface area contributed by atoms with Gasteiger partial charge in [0.2, 0.25) is 0 Å². The van der Waals surface area contributed by atoms with Crippen molar-refractivity contribution in [3.8, 4) is 0 Å². The molecular formula is C49H83N3O. The van der Waals surface area contributed by atoms with E-state index in [1.165, 1.54) is 167 Å². The van der Waals surface area contributed by atoms with Crippen molar-refractivity contribution in [1.29, 1.82) is 0 Å². The van der Waals surface area contributed by atoms with Crippen LogP contribution in [-0.4, -0.2) is 30.7 Å². The Kier molecular flexibility index (Phi) is 11.9. The lowest BCUT2D eigenvalue weighted by molar-refractivity contribution is -0.0885. The molecule has 15 unspecified atom stereocenters. The van der Waals surface area contributed by atoms with Crippen molar-refractivity contribution >= 4 is 0 Å². The predicted molar refractivity (Wildman–Crippen MR) is 218 cm³/mol. The van der Waals surface area contributed by atoms with Crippen LogP contribution < -0.4 is 16.0 Å². The molecular weight excluding hydrogens is 647 g/mol. The van der Waals surface area contributed by atoms with Gasteiger partial charge in [-0.15, -0.1) is 0 Å². The van der Waals surface area contributed by atoms with Gasteiger partial charge >= 0.3 is 0 Å². The Morgan fingerprint density at radius 1 is 0.264 bits per heavy atom. The normalized spacial score (nSPS) is 49.5. The second-order valence-corrected chi connectivity index (χ2v) is 22.1. The molecule has 300 valence electrons. The molecule has 15 atom stereocenters. The molecule has 0 aromatic rings. The van der Waals surface area contributed by atoms with Crippen molar-refractivity contribution < 1.29 is 4.74 Å². The molecule has 4 nitrogen and oxygen atoms in total. The van der Waals surface area contributed by atoms with Gasteiger partial charge in [-0.2, -0.15) is 0 Å². The third-order valence-electron chi connectivity index (χ3n) is 19.5. The Labute approximate surface area is 326 Å². The molecule has 8 aliphatic carbocycles. The predicted octanol–water partition coefficient (Wildman–Crippen LogP) is 11.7. The molecule has 3 N–H and O–H groups in total. The van der Waals surface area contributed by atoms with Crippen LogP contribution in [0.25, 0.3) is 0 Å². The van der Waals surface area contributed by atoms with Crippen LogP contribution >= 0.6 is 0 Å². The number of hydrogen-bond donors (Lipinski definition) is 3. The van der Waals surface area contributed by atoms with Crippen LogP contribution in [-0.2, 0) is 4.74 Å². The van der Waals surface area contributed by atoms with Gasteiger partial charge in [0.15, 0.2) is 0 Å². The number of rotatable bonds is 6. The monoisotopic (exact) mass is 730 g/mol. The van der Waals surface area contributed by atoms with Crippen LogP contribution in [0.15, 0.2) is 0 Å². The molecule has 0 aromatic heterocycles. The van der Waals surface area contributed by atoms with Gasteiger partial charge in [0.05, 0.1) is 30.7 Å². The second kappa shape index (κ2) is 17.0. The largest absolute Gasteiger partial charge is 0.374 e. The molecule has 0 bridgehead atoms. The fourth-order valence-electron chi connectivity index (χ4n) is 16.8. The summed E-state index contributed by atoms with van der Waals surface area (Å²) in [6.07, 6.45) is 48.9. The molecule has 8 saturated carbocycles. The summed E-state index contributed by atoms with van der Waals surface area (Å²) in [5.74, 6) is 11.9. The van der Waals surface area contributed by atoms with Crippen molar-refractivity contribution in [2.45, 2.75) is 230 Å². The van der Waals surface area contributed by atoms with Crippen molar-refractivity contribution in [3.63, 3.8) is 0 Å². The zero-order chi connectivity index (χ0) is 35.1. The van der Waals surface area contributed by atoms with Crippen LogP contribution in [0.5, 0.6) is 0 Å². The summed E-state index contributed by atoms with van der Waals surface area (Å²) < 4.78 is 7.38. The lowest BCUT2D eigenvalue weighted by atomic mass is 9.56. The van der Waals surface area contributed by atoms with E-state index in [2.05, 4.69) is 16.0 Å². The highest BCUT2D eigenvalue weighted by molar-refractivity contribution is 5.07. The molecule has 2 aliphatic heterocycles. The van der Waals surface area contributed by atoms with E-state index >= 15 is 0 Å². The first-order valence-corrected chi connectivity index (χ1v) is 25.2. The molecule has 53 heavy (non-hydrogen) atoms. The topological polar surface area (TPSA) is 45.3 Å². The Bertz CT molecular complexity index is 1160. The van der Waals surface area contributed by atoms with Crippen LogP contribution in [0.3, 0.4) is 0 Å². The van der Waals surface area contributed by atoms with Gasteiger partial charge in [0.1, 0.15) is 0 Å². The third-order valence-corrected chi connectivity index (χ3v) is 19.5. The van der Waals surface area contributed by atoms with E-state index in [-0.39, 0.29) is 0 Å². The maximum atomic E-state index is 7.38. The minimum absolute atomic E-state index is 0.489. The van der Waals surface area contributed by atoms with Crippen molar-refractivity contribution in [1.82, 2.24) is 16.0 Å². The number of ether oxygens (including phenoxy) is 1. The standard InChI is InChI=1S/C49H83N3O/c1-4-14-32(15-5-1)35-20-12-22-37(28-35)38-26-27-45-42(30-38)43-31-44(40-24-10-11-25-41(40)46(43)53-45)49-51-47(34-18-8-3-9-19-34)50-48(52-49)39-23-13-21-36(29-39)33-16-6-2-7-17-33/h32-52H,1-31H2. The lowest BCUT2D eigenvalue weighted by Gasteiger charge is -2.54. The van der Waals surface area contributed by atoms with Gasteiger partial charge in [0, 0.05) is 0 Å². The number of hydrogen-bond acceptors (Lipinski definition) is 4. The highest BCUT2D eigenvalue weighted by Crippen LogP contribution is 2.58. The summed E-state index contributed by atoms with van der Waals surface area (Å²) in [6.45, 7) is 0. The van der Waals surface area contributed by atoms with Crippen LogP contribution in [0, 0.1) is 76.9 Å².